The number of Topliss-reactive ketones (excluding diaryl/α,β-unsaturated/α-hetero) is 2. The van der Waals surface area contributed by atoms with Gasteiger partial charge < -0.3 is 10.2 Å². The lowest BCUT2D eigenvalue weighted by atomic mass is 9.64. The summed E-state index contributed by atoms with van der Waals surface area (Å²) >= 11 is 0. The molecular weight excluding hydrogens is 551 g/mol. The number of benzene rings is 4. The Labute approximate surface area is 256 Å². The first-order valence-electron chi connectivity index (χ1n) is 15.3. The Kier molecular flexibility index (Phi) is 7.00. The van der Waals surface area contributed by atoms with Crippen molar-refractivity contribution in [3.63, 3.8) is 0 Å². The number of aryl methyl sites for hydroxylation is 1. The zero-order chi connectivity index (χ0) is 30.4. The molecule has 1 spiro atoms. The molecule has 0 saturated carbocycles. The highest BCUT2D eigenvalue weighted by molar-refractivity contribution is 6.18. The summed E-state index contributed by atoms with van der Waals surface area (Å²) in [6.45, 7) is 2.16. The molecule has 4 aromatic rings. The van der Waals surface area contributed by atoms with Crippen LogP contribution in [0.2, 0.25) is 0 Å². The van der Waals surface area contributed by atoms with Gasteiger partial charge in [0.05, 0.1) is 17.5 Å². The van der Waals surface area contributed by atoms with Gasteiger partial charge in [-0.05, 0) is 53.8 Å². The van der Waals surface area contributed by atoms with Gasteiger partial charge >= 0.3 is 0 Å². The minimum Gasteiger partial charge on any atom is -0.352 e. The molecule has 3 heterocycles. The van der Waals surface area contributed by atoms with Crippen molar-refractivity contribution in [3.8, 4) is 0 Å². The molecule has 6 heteroatoms. The SMILES string of the molecule is CCCCCc1ccc(C(=O)[C@@H]2[C@H](C(=O)c3ccccc3F)N3c4ccccc4C=C[C@H]3[C@]23C(=O)Nc2ccccc23)cc1. The van der Waals surface area contributed by atoms with E-state index < -0.39 is 35.0 Å². The zero-order valence-electron chi connectivity index (χ0n) is 24.5. The second-order valence-corrected chi connectivity index (χ2v) is 11.9. The molecule has 1 amide bonds. The van der Waals surface area contributed by atoms with Crippen LogP contribution in [0.1, 0.15) is 63.6 Å². The highest BCUT2D eigenvalue weighted by Gasteiger charge is 2.70. The average molecular weight is 585 g/mol. The van der Waals surface area contributed by atoms with Crippen molar-refractivity contribution < 1.29 is 18.8 Å². The number of hydrogen-bond acceptors (Lipinski definition) is 4. The van der Waals surface area contributed by atoms with Gasteiger partial charge in [0.2, 0.25) is 5.91 Å². The first-order valence-corrected chi connectivity index (χ1v) is 15.3. The number of ketones is 2. The Hall–Kier alpha value is -4.84. The van der Waals surface area contributed by atoms with E-state index in [4.69, 9.17) is 0 Å². The van der Waals surface area contributed by atoms with Crippen molar-refractivity contribution in [2.45, 2.75) is 50.1 Å². The molecule has 0 aliphatic carbocycles. The largest absolute Gasteiger partial charge is 0.352 e. The lowest BCUT2D eigenvalue weighted by Gasteiger charge is -2.37. The summed E-state index contributed by atoms with van der Waals surface area (Å²) in [5, 5.41) is 3.03. The van der Waals surface area contributed by atoms with Gasteiger partial charge in [0, 0.05) is 16.9 Å². The summed E-state index contributed by atoms with van der Waals surface area (Å²) < 4.78 is 15.3. The summed E-state index contributed by atoms with van der Waals surface area (Å²) in [7, 11) is 0. The number of carbonyl (C=O) groups excluding carboxylic acids is 3. The van der Waals surface area contributed by atoms with Gasteiger partial charge in [0.1, 0.15) is 17.3 Å². The molecule has 5 nitrogen and oxygen atoms in total. The van der Waals surface area contributed by atoms with Gasteiger partial charge in [-0.3, -0.25) is 14.4 Å². The number of halogens is 1. The van der Waals surface area contributed by atoms with E-state index in [1.807, 2.05) is 89.8 Å². The van der Waals surface area contributed by atoms with E-state index >= 15 is 4.39 Å². The Morgan fingerprint density at radius 3 is 2.39 bits per heavy atom. The fourth-order valence-corrected chi connectivity index (χ4v) is 7.53. The van der Waals surface area contributed by atoms with E-state index in [-0.39, 0.29) is 17.3 Å². The van der Waals surface area contributed by atoms with Crippen molar-refractivity contribution in [3.05, 3.63) is 137 Å². The summed E-state index contributed by atoms with van der Waals surface area (Å²) in [4.78, 5) is 45.9. The maximum atomic E-state index is 15.3. The number of nitrogens with one attached hydrogen (secondary N) is 1. The number of anilines is 2. The van der Waals surface area contributed by atoms with E-state index in [1.54, 1.807) is 6.07 Å². The second kappa shape index (κ2) is 11.0. The van der Waals surface area contributed by atoms with Crippen LogP contribution in [0.4, 0.5) is 15.8 Å². The van der Waals surface area contributed by atoms with Crippen LogP contribution < -0.4 is 10.2 Å². The molecule has 0 radical (unpaired) electrons. The number of unbranched alkanes of at least 4 members (excludes halogenated alkanes) is 2. The van der Waals surface area contributed by atoms with Crippen molar-refractivity contribution in [1.82, 2.24) is 0 Å². The minimum atomic E-state index is -1.43. The number of rotatable bonds is 8. The first kappa shape index (κ1) is 28.0. The van der Waals surface area contributed by atoms with E-state index in [9.17, 15) is 14.4 Å². The Morgan fingerprint density at radius 2 is 1.59 bits per heavy atom. The van der Waals surface area contributed by atoms with Crippen LogP contribution in [-0.4, -0.2) is 29.6 Å². The lowest BCUT2D eigenvalue weighted by molar-refractivity contribution is -0.121. The minimum absolute atomic E-state index is 0.101. The maximum absolute atomic E-state index is 15.3. The van der Waals surface area contributed by atoms with Crippen LogP contribution in [0.25, 0.3) is 6.08 Å². The third-order valence-corrected chi connectivity index (χ3v) is 9.54. The molecule has 4 aromatic carbocycles. The molecule has 3 aliphatic heterocycles. The summed E-state index contributed by atoms with van der Waals surface area (Å²) in [6.07, 6.45) is 8.11. The number of nitrogens with zero attached hydrogens (tertiary/aromatic N) is 1. The lowest BCUT2D eigenvalue weighted by Crippen LogP contribution is -2.51. The highest BCUT2D eigenvalue weighted by Crippen LogP contribution is 2.58. The quantitative estimate of drug-likeness (QED) is 0.173. The fraction of sp³-hybridized carbons (Fsp3) is 0.237. The molecule has 1 N–H and O–H groups in total. The van der Waals surface area contributed by atoms with Gasteiger partial charge in [-0.2, -0.15) is 0 Å². The zero-order valence-corrected chi connectivity index (χ0v) is 24.5. The summed E-state index contributed by atoms with van der Waals surface area (Å²) in [6, 6.07) is 26.6. The van der Waals surface area contributed by atoms with Crippen molar-refractivity contribution in [1.29, 1.82) is 0 Å². The number of carbonyl (C=O) groups is 3. The van der Waals surface area contributed by atoms with Gasteiger partial charge in [-0.25, -0.2) is 4.39 Å². The summed E-state index contributed by atoms with van der Waals surface area (Å²) in [5.41, 5.74) is 2.91. The monoisotopic (exact) mass is 584 g/mol. The topological polar surface area (TPSA) is 66.5 Å². The molecular formula is C38H33FN2O3. The molecule has 0 unspecified atom stereocenters. The second-order valence-electron chi connectivity index (χ2n) is 11.9. The number of fused-ring (bicyclic) bond motifs is 6. The average Bonchev–Trinajstić information content (AvgIpc) is 3.53. The molecule has 1 saturated heterocycles. The molecule has 1 fully saturated rings. The standard InChI is InChI=1S/C38H33FN2O3/c1-2-3-4-11-24-18-20-26(21-19-24)35(42)33-34(36(43)27-13-6-8-15-29(27)39)41-31-17-10-5-12-25(31)22-23-32(41)38(33)28-14-7-9-16-30(28)40-37(38)44/h5-10,12-23,32-34H,2-4,11H2,1H3,(H,40,44)/t32-,33-,34+,38-/m0/s1. The molecule has 0 bridgehead atoms. The van der Waals surface area contributed by atoms with Crippen LogP contribution in [-0.2, 0) is 16.6 Å². The van der Waals surface area contributed by atoms with E-state index in [2.05, 4.69) is 12.2 Å². The Morgan fingerprint density at radius 1 is 0.864 bits per heavy atom. The Balaban J connectivity index is 1.45. The van der Waals surface area contributed by atoms with Gasteiger partial charge in [-0.15, -0.1) is 0 Å². The molecule has 0 aromatic heterocycles. The molecule has 4 atom stereocenters. The summed E-state index contributed by atoms with van der Waals surface area (Å²) in [5.74, 6) is -2.97. The van der Waals surface area contributed by atoms with E-state index in [1.165, 1.54) is 18.2 Å². The van der Waals surface area contributed by atoms with E-state index in [0.717, 1.165) is 42.5 Å². The van der Waals surface area contributed by atoms with Gasteiger partial charge in [0.15, 0.2) is 11.6 Å². The molecule has 3 aliphatic rings. The fourth-order valence-electron chi connectivity index (χ4n) is 7.53. The third-order valence-electron chi connectivity index (χ3n) is 9.54. The Bertz CT molecular complexity index is 1810. The van der Waals surface area contributed by atoms with Gasteiger partial charge in [0.25, 0.3) is 0 Å². The van der Waals surface area contributed by atoms with Crippen LogP contribution >= 0.6 is 0 Å². The van der Waals surface area contributed by atoms with Gasteiger partial charge in [-0.1, -0.05) is 105 Å². The van der Waals surface area contributed by atoms with Crippen LogP contribution in [0.15, 0.2) is 103 Å². The number of amides is 1. The third kappa shape index (κ3) is 4.15. The normalized spacial score (nSPS) is 22.8. The number of hydrogen-bond donors (Lipinski definition) is 1. The van der Waals surface area contributed by atoms with Crippen molar-refractivity contribution in [2.75, 3.05) is 10.2 Å². The highest BCUT2D eigenvalue weighted by atomic mass is 19.1. The smallest absolute Gasteiger partial charge is 0.238 e. The van der Waals surface area contributed by atoms with E-state index in [0.29, 0.717) is 16.8 Å². The maximum Gasteiger partial charge on any atom is 0.238 e. The predicted octanol–water partition coefficient (Wildman–Crippen LogP) is 7.41. The molecule has 7 rings (SSSR count). The molecule has 44 heavy (non-hydrogen) atoms. The number of para-hydroxylation sites is 2. The van der Waals surface area contributed by atoms with Crippen molar-refractivity contribution >= 4 is 34.9 Å². The predicted molar refractivity (Wildman–Crippen MR) is 171 cm³/mol. The first-order chi connectivity index (χ1) is 21.5. The van der Waals surface area contributed by atoms with Crippen LogP contribution in [0.3, 0.4) is 0 Å². The molecule has 220 valence electrons. The van der Waals surface area contributed by atoms with Crippen LogP contribution in [0.5, 0.6) is 0 Å². The van der Waals surface area contributed by atoms with Crippen LogP contribution in [0, 0.1) is 11.7 Å². The van der Waals surface area contributed by atoms with Crippen molar-refractivity contribution in [2.24, 2.45) is 5.92 Å².